The molecule has 0 fully saturated rings. The first kappa shape index (κ1) is 15.0. The lowest BCUT2D eigenvalue weighted by molar-refractivity contribution is -0.134. The predicted octanol–water partition coefficient (Wildman–Crippen LogP) is 4.32. The number of ether oxygens (including phenoxy) is 1. The fraction of sp³-hybridized carbons (Fsp3) is 0.211. The second-order valence-corrected chi connectivity index (χ2v) is 5.25. The fourth-order valence-corrected chi connectivity index (χ4v) is 2.19. The van der Waals surface area contributed by atoms with Crippen molar-refractivity contribution in [1.29, 1.82) is 0 Å². The van der Waals surface area contributed by atoms with Crippen LogP contribution in [0.15, 0.2) is 60.2 Å². The first-order chi connectivity index (χ1) is 10.1. The molecule has 0 heterocycles. The maximum absolute atomic E-state index is 11.2. The molecule has 0 aliphatic heterocycles. The first-order valence-electron chi connectivity index (χ1n) is 6.99. The van der Waals surface area contributed by atoms with Crippen LogP contribution in [-0.4, -0.2) is 13.1 Å². The quantitative estimate of drug-likeness (QED) is 0.615. The van der Waals surface area contributed by atoms with Gasteiger partial charge >= 0.3 is 5.97 Å². The van der Waals surface area contributed by atoms with E-state index in [-0.39, 0.29) is 5.97 Å². The predicted molar refractivity (Wildman–Crippen MR) is 86.1 cm³/mol. The van der Waals surface area contributed by atoms with Gasteiger partial charge in [-0.15, -0.1) is 0 Å². The average molecular weight is 280 g/mol. The smallest absolute Gasteiger partial charge is 0.330 e. The Kier molecular flexibility index (Phi) is 4.94. The van der Waals surface area contributed by atoms with Crippen molar-refractivity contribution in [1.82, 2.24) is 0 Å². The monoisotopic (exact) mass is 280 g/mol. The molecule has 0 spiro atoms. The van der Waals surface area contributed by atoms with E-state index in [1.807, 2.05) is 6.92 Å². The molecular weight excluding hydrogens is 260 g/mol. The Bertz CT molecular complexity index is 634. The van der Waals surface area contributed by atoms with Gasteiger partial charge in [-0.1, -0.05) is 59.7 Å². The molecule has 2 nitrogen and oxygen atoms in total. The van der Waals surface area contributed by atoms with Crippen LogP contribution in [0, 0.1) is 6.92 Å². The highest BCUT2D eigenvalue weighted by molar-refractivity contribution is 5.82. The van der Waals surface area contributed by atoms with Gasteiger partial charge in [0.05, 0.1) is 7.11 Å². The number of rotatable bonds is 4. The van der Waals surface area contributed by atoms with Crippen LogP contribution in [0.3, 0.4) is 0 Å². The van der Waals surface area contributed by atoms with E-state index in [1.54, 1.807) is 0 Å². The van der Waals surface area contributed by atoms with Gasteiger partial charge in [-0.25, -0.2) is 4.79 Å². The van der Waals surface area contributed by atoms with Gasteiger partial charge in [0.25, 0.3) is 0 Å². The molecule has 2 rings (SSSR count). The lowest BCUT2D eigenvalue weighted by atomic mass is 10.00. The van der Waals surface area contributed by atoms with Crippen LogP contribution in [0.5, 0.6) is 0 Å². The van der Waals surface area contributed by atoms with Crippen LogP contribution in [0.4, 0.5) is 0 Å². The molecule has 108 valence electrons. The van der Waals surface area contributed by atoms with Gasteiger partial charge in [0.2, 0.25) is 0 Å². The number of hydrogen-bond donors (Lipinski definition) is 0. The number of hydrogen-bond acceptors (Lipinski definition) is 2. The number of esters is 1. The third-order valence-electron chi connectivity index (χ3n) is 3.39. The SMILES string of the molecule is COC(=O)/C=C(\C)Cc1ccc(-c2ccc(C)cc2)cc1. The summed E-state index contributed by atoms with van der Waals surface area (Å²) < 4.78 is 4.63. The molecule has 2 aromatic carbocycles. The van der Waals surface area contributed by atoms with Gasteiger partial charge in [-0.3, -0.25) is 0 Å². The van der Waals surface area contributed by atoms with E-state index in [2.05, 4.69) is 60.2 Å². The Balaban J connectivity index is 2.10. The van der Waals surface area contributed by atoms with E-state index in [0.717, 1.165) is 12.0 Å². The molecule has 0 aromatic heterocycles. The van der Waals surface area contributed by atoms with Crippen LogP contribution >= 0.6 is 0 Å². The lowest BCUT2D eigenvalue weighted by Gasteiger charge is -2.05. The summed E-state index contributed by atoms with van der Waals surface area (Å²) >= 11 is 0. The standard InChI is InChI=1S/C19H20O2/c1-14-4-8-17(9-5-14)18-10-6-16(7-11-18)12-15(2)13-19(20)21-3/h4-11,13H,12H2,1-3H3/b15-13+. The van der Waals surface area contributed by atoms with Gasteiger partial charge < -0.3 is 4.74 Å². The first-order valence-corrected chi connectivity index (χ1v) is 6.99. The van der Waals surface area contributed by atoms with Crippen LogP contribution in [0.25, 0.3) is 11.1 Å². The van der Waals surface area contributed by atoms with Crippen molar-refractivity contribution in [3.05, 3.63) is 71.3 Å². The molecule has 0 aliphatic rings. The minimum absolute atomic E-state index is 0.302. The average Bonchev–Trinajstić information content (AvgIpc) is 2.48. The second-order valence-electron chi connectivity index (χ2n) is 5.25. The van der Waals surface area contributed by atoms with Crippen molar-refractivity contribution in [3.8, 4) is 11.1 Å². The molecule has 2 heteroatoms. The molecule has 0 radical (unpaired) electrons. The maximum atomic E-state index is 11.2. The van der Waals surface area contributed by atoms with Crippen LogP contribution in [0.2, 0.25) is 0 Å². The Hall–Kier alpha value is -2.35. The normalized spacial score (nSPS) is 11.3. The van der Waals surface area contributed by atoms with Gasteiger partial charge in [-0.2, -0.15) is 0 Å². The number of carbonyl (C=O) groups excluding carboxylic acids is 1. The second kappa shape index (κ2) is 6.89. The van der Waals surface area contributed by atoms with Gasteiger partial charge in [-0.05, 0) is 37.0 Å². The summed E-state index contributed by atoms with van der Waals surface area (Å²) in [4.78, 5) is 11.2. The highest BCUT2D eigenvalue weighted by Gasteiger charge is 2.01. The summed E-state index contributed by atoms with van der Waals surface area (Å²) in [7, 11) is 1.39. The van der Waals surface area contributed by atoms with Gasteiger partial charge in [0.1, 0.15) is 0 Å². The Labute approximate surface area is 126 Å². The van der Waals surface area contributed by atoms with E-state index in [9.17, 15) is 4.79 Å². The summed E-state index contributed by atoms with van der Waals surface area (Å²) in [6.07, 6.45) is 2.29. The summed E-state index contributed by atoms with van der Waals surface area (Å²) in [5.41, 5.74) is 5.86. The summed E-state index contributed by atoms with van der Waals surface area (Å²) in [6.45, 7) is 4.02. The van der Waals surface area contributed by atoms with E-state index in [1.165, 1.54) is 35.4 Å². The lowest BCUT2D eigenvalue weighted by Crippen LogP contribution is -1.97. The van der Waals surface area contributed by atoms with Crippen molar-refractivity contribution in [2.24, 2.45) is 0 Å². The van der Waals surface area contributed by atoms with Crippen molar-refractivity contribution < 1.29 is 9.53 Å². The molecule has 0 unspecified atom stereocenters. The van der Waals surface area contributed by atoms with Crippen molar-refractivity contribution in [3.63, 3.8) is 0 Å². The minimum atomic E-state index is -0.302. The topological polar surface area (TPSA) is 26.3 Å². The van der Waals surface area contributed by atoms with Crippen molar-refractivity contribution in [2.45, 2.75) is 20.3 Å². The molecule has 21 heavy (non-hydrogen) atoms. The van der Waals surface area contributed by atoms with E-state index >= 15 is 0 Å². The molecule has 0 saturated heterocycles. The summed E-state index contributed by atoms with van der Waals surface area (Å²) in [5.74, 6) is -0.302. The third kappa shape index (κ3) is 4.32. The van der Waals surface area contributed by atoms with E-state index in [4.69, 9.17) is 0 Å². The largest absolute Gasteiger partial charge is 0.466 e. The van der Waals surface area contributed by atoms with E-state index in [0.29, 0.717) is 0 Å². The summed E-state index contributed by atoms with van der Waals surface area (Å²) in [5, 5.41) is 0. The Morgan fingerprint density at radius 2 is 1.52 bits per heavy atom. The molecule has 0 saturated carbocycles. The molecule has 0 bridgehead atoms. The number of allylic oxidation sites excluding steroid dienone is 1. The van der Waals surface area contributed by atoms with Crippen LogP contribution in [-0.2, 0) is 16.0 Å². The fourth-order valence-electron chi connectivity index (χ4n) is 2.19. The minimum Gasteiger partial charge on any atom is -0.466 e. The Morgan fingerprint density at radius 1 is 1.00 bits per heavy atom. The maximum Gasteiger partial charge on any atom is 0.330 e. The Morgan fingerprint density at radius 3 is 2.05 bits per heavy atom. The third-order valence-corrected chi connectivity index (χ3v) is 3.39. The number of methoxy groups -OCH3 is 1. The van der Waals surface area contributed by atoms with Gasteiger partial charge in [0.15, 0.2) is 0 Å². The highest BCUT2D eigenvalue weighted by atomic mass is 16.5. The highest BCUT2D eigenvalue weighted by Crippen LogP contribution is 2.21. The molecule has 0 aliphatic carbocycles. The summed E-state index contributed by atoms with van der Waals surface area (Å²) in [6, 6.07) is 16.9. The number of benzene rings is 2. The van der Waals surface area contributed by atoms with Crippen LogP contribution < -0.4 is 0 Å². The van der Waals surface area contributed by atoms with Crippen molar-refractivity contribution >= 4 is 5.97 Å². The van der Waals surface area contributed by atoms with Crippen molar-refractivity contribution in [2.75, 3.05) is 7.11 Å². The zero-order valence-corrected chi connectivity index (χ0v) is 12.7. The zero-order valence-electron chi connectivity index (χ0n) is 12.7. The van der Waals surface area contributed by atoms with Gasteiger partial charge in [0, 0.05) is 6.08 Å². The van der Waals surface area contributed by atoms with E-state index < -0.39 is 0 Å². The zero-order chi connectivity index (χ0) is 15.2. The van der Waals surface area contributed by atoms with Crippen LogP contribution in [0.1, 0.15) is 18.1 Å². The molecule has 0 amide bonds. The molecule has 2 aromatic rings. The molecule has 0 N–H and O–H groups in total. The molecule has 0 atom stereocenters. The molecular formula is C19H20O2. The number of carbonyl (C=O) groups is 1. The number of aryl methyl sites for hydroxylation is 1.